The maximum Gasteiger partial charge on any atom is 0.271 e. The van der Waals surface area contributed by atoms with Gasteiger partial charge >= 0.3 is 0 Å². The highest BCUT2D eigenvalue weighted by atomic mass is 79.9. The number of carbonyl (C=O) groups is 1. The van der Waals surface area contributed by atoms with E-state index in [9.17, 15) is 4.79 Å². The van der Waals surface area contributed by atoms with Crippen LogP contribution in [0.3, 0.4) is 0 Å². The molecule has 0 fully saturated rings. The molecule has 0 radical (unpaired) electrons. The highest BCUT2D eigenvalue weighted by Gasteiger charge is 2.22. The Morgan fingerprint density at radius 1 is 1.50 bits per heavy atom. The molecule has 0 atom stereocenters. The number of nitrogens with two attached hydrogens (primary N) is 1. The summed E-state index contributed by atoms with van der Waals surface area (Å²) in [5.41, 5.74) is 5.94. The van der Waals surface area contributed by atoms with Crippen LogP contribution in [-0.4, -0.2) is 28.4 Å². The number of halogens is 2. The molecule has 2 aromatic rings. The third-order valence-electron chi connectivity index (χ3n) is 2.28. The van der Waals surface area contributed by atoms with E-state index >= 15 is 0 Å². The number of nitrogens with one attached hydrogen (secondary N) is 1. The zero-order valence-electron chi connectivity index (χ0n) is 9.20. The van der Waals surface area contributed by atoms with Gasteiger partial charge in [0.25, 0.3) is 5.91 Å². The quantitative estimate of drug-likeness (QED) is 0.899. The van der Waals surface area contributed by atoms with Crippen molar-refractivity contribution in [3.63, 3.8) is 0 Å². The molecule has 8 heteroatoms. The van der Waals surface area contributed by atoms with E-state index < -0.39 is 5.91 Å². The van der Waals surface area contributed by atoms with Gasteiger partial charge in [0.05, 0.1) is 22.2 Å². The first-order valence-electron chi connectivity index (χ1n) is 4.79. The summed E-state index contributed by atoms with van der Waals surface area (Å²) < 4.78 is 5.93. The summed E-state index contributed by atoms with van der Waals surface area (Å²) in [7, 11) is 1.49. The van der Waals surface area contributed by atoms with Crippen LogP contribution in [0, 0.1) is 0 Å². The molecule has 3 N–H and O–H groups in total. The number of primary amides is 1. The second kappa shape index (κ2) is 4.95. The smallest absolute Gasteiger partial charge is 0.271 e. The molecule has 18 heavy (non-hydrogen) atoms. The largest absolute Gasteiger partial charge is 0.495 e. The fraction of sp³-hybridized carbons (Fsp3) is 0.100. The van der Waals surface area contributed by atoms with Gasteiger partial charge in [0.1, 0.15) is 11.4 Å². The summed E-state index contributed by atoms with van der Waals surface area (Å²) in [5, 5.41) is 10.3. The van der Waals surface area contributed by atoms with Crippen LogP contribution >= 0.6 is 27.5 Å². The number of nitrogens with zero attached hydrogens (tertiary/aromatic N) is 2. The summed E-state index contributed by atoms with van der Waals surface area (Å²) in [6, 6.07) is 3.39. The topological polar surface area (TPSA) is 93.9 Å². The minimum absolute atomic E-state index is 0.00769. The van der Waals surface area contributed by atoms with Gasteiger partial charge in [-0.1, -0.05) is 11.6 Å². The zero-order chi connectivity index (χ0) is 13.3. The Balaban J connectivity index is 2.74. The third-order valence-corrected chi connectivity index (χ3v) is 3.22. The highest BCUT2D eigenvalue weighted by Crippen LogP contribution is 2.41. The number of H-pyrrole nitrogens is 1. The second-order valence-corrected chi connectivity index (χ2v) is 4.58. The Labute approximate surface area is 116 Å². The van der Waals surface area contributed by atoms with Crippen LogP contribution in [0.2, 0.25) is 5.02 Å². The van der Waals surface area contributed by atoms with Crippen molar-refractivity contribution in [2.24, 2.45) is 5.73 Å². The lowest BCUT2D eigenvalue weighted by Crippen LogP contribution is -2.13. The molecule has 0 saturated heterocycles. The fourth-order valence-corrected chi connectivity index (χ4v) is 2.26. The van der Waals surface area contributed by atoms with Gasteiger partial charge in [0.2, 0.25) is 0 Å². The van der Waals surface area contributed by atoms with Crippen LogP contribution in [-0.2, 0) is 0 Å². The molecule has 1 aromatic carbocycles. The van der Waals surface area contributed by atoms with E-state index in [0.29, 0.717) is 20.8 Å². The van der Waals surface area contributed by atoms with E-state index in [2.05, 4.69) is 31.3 Å². The number of amides is 1. The van der Waals surface area contributed by atoms with Crippen molar-refractivity contribution in [2.45, 2.75) is 0 Å². The normalized spacial score (nSPS) is 10.4. The number of benzene rings is 1. The predicted octanol–water partition coefficient (Wildman–Crippen LogP) is 2.00. The van der Waals surface area contributed by atoms with Crippen molar-refractivity contribution in [3.8, 4) is 17.0 Å². The van der Waals surface area contributed by atoms with Crippen molar-refractivity contribution in [1.82, 2.24) is 15.4 Å². The maximum absolute atomic E-state index is 11.3. The molecule has 0 unspecified atom stereocenters. The third kappa shape index (κ3) is 2.06. The minimum atomic E-state index is -0.697. The molecule has 6 nitrogen and oxygen atoms in total. The van der Waals surface area contributed by atoms with Crippen molar-refractivity contribution in [2.75, 3.05) is 7.11 Å². The Bertz CT molecular complexity index is 614. The molecule has 1 amide bonds. The lowest BCUT2D eigenvalue weighted by Gasteiger charge is -2.10. The van der Waals surface area contributed by atoms with Crippen molar-refractivity contribution in [1.29, 1.82) is 0 Å². The second-order valence-electron chi connectivity index (χ2n) is 3.32. The lowest BCUT2D eigenvalue weighted by molar-refractivity contribution is 0.0996. The summed E-state index contributed by atoms with van der Waals surface area (Å²) in [6.45, 7) is 0. The van der Waals surface area contributed by atoms with Gasteiger partial charge < -0.3 is 10.5 Å². The van der Waals surface area contributed by atoms with Gasteiger partial charge in [-0.2, -0.15) is 15.4 Å². The number of methoxy groups -OCH3 is 1. The van der Waals surface area contributed by atoms with Gasteiger partial charge in [-0.15, -0.1) is 0 Å². The lowest BCUT2D eigenvalue weighted by atomic mass is 10.1. The maximum atomic E-state index is 11.3. The number of carbonyl (C=O) groups excluding carboxylic acids is 1. The van der Waals surface area contributed by atoms with Gasteiger partial charge in [-0.25, -0.2) is 0 Å². The van der Waals surface area contributed by atoms with Gasteiger partial charge in [0.15, 0.2) is 5.69 Å². The summed E-state index contributed by atoms with van der Waals surface area (Å²) >= 11 is 9.44. The van der Waals surface area contributed by atoms with Crippen molar-refractivity contribution < 1.29 is 9.53 Å². The van der Waals surface area contributed by atoms with E-state index in [1.807, 2.05) is 0 Å². The Hall–Kier alpha value is -1.60. The van der Waals surface area contributed by atoms with Crippen LogP contribution in [0.5, 0.6) is 5.75 Å². The summed E-state index contributed by atoms with van der Waals surface area (Å²) in [4.78, 5) is 11.3. The molecule has 0 spiro atoms. The first-order valence-corrected chi connectivity index (χ1v) is 5.96. The molecule has 2 rings (SSSR count). The van der Waals surface area contributed by atoms with Crippen LogP contribution in [0.4, 0.5) is 0 Å². The molecule has 1 heterocycles. The number of ether oxygens (including phenoxy) is 1. The van der Waals surface area contributed by atoms with Crippen molar-refractivity contribution in [3.05, 3.63) is 27.3 Å². The molecule has 0 aliphatic heterocycles. The van der Waals surface area contributed by atoms with E-state index in [4.69, 9.17) is 22.1 Å². The average Bonchev–Trinajstić information content (AvgIpc) is 2.80. The summed E-state index contributed by atoms with van der Waals surface area (Å²) in [6.07, 6.45) is 0. The zero-order valence-corrected chi connectivity index (χ0v) is 11.5. The molecular formula is C10H8BrClN4O2. The Morgan fingerprint density at radius 2 is 2.22 bits per heavy atom. The first-order chi connectivity index (χ1) is 8.56. The van der Waals surface area contributed by atoms with Gasteiger partial charge in [0, 0.05) is 0 Å². The Morgan fingerprint density at radius 3 is 2.83 bits per heavy atom. The minimum Gasteiger partial charge on any atom is -0.495 e. The fourth-order valence-electron chi connectivity index (χ4n) is 1.53. The van der Waals surface area contributed by atoms with Gasteiger partial charge in [-0.05, 0) is 28.1 Å². The van der Waals surface area contributed by atoms with Crippen LogP contribution in [0.15, 0.2) is 16.6 Å². The number of aromatic amines is 1. The number of hydrogen-bond donors (Lipinski definition) is 2. The number of rotatable bonds is 3. The Kier molecular flexibility index (Phi) is 3.53. The van der Waals surface area contributed by atoms with Gasteiger partial charge in [-0.3, -0.25) is 4.79 Å². The molecule has 0 bridgehead atoms. The van der Waals surface area contributed by atoms with Crippen LogP contribution in [0.25, 0.3) is 11.3 Å². The number of aromatic nitrogens is 3. The van der Waals surface area contributed by atoms with E-state index in [0.717, 1.165) is 0 Å². The highest BCUT2D eigenvalue weighted by molar-refractivity contribution is 9.10. The number of hydrogen-bond acceptors (Lipinski definition) is 4. The van der Waals surface area contributed by atoms with Crippen molar-refractivity contribution >= 4 is 33.4 Å². The van der Waals surface area contributed by atoms with E-state index in [-0.39, 0.29) is 11.4 Å². The molecule has 0 aliphatic carbocycles. The van der Waals surface area contributed by atoms with E-state index in [1.165, 1.54) is 7.11 Å². The predicted molar refractivity (Wildman–Crippen MR) is 69.6 cm³/mol. The average molecular weight is 332 g/mol. The standard InChI is InChI=1S/C10H8BrClN4O2/c1-18-9-4(11)2-3-5(12)6(9)7-8(10(13)17)15-16-14-7/h2-3H,1H3,(H2,13,17)(H,14,15,16). The van der Waals surface area contributed by atoms with E-state index in [1.54, 1.807) is 12.1 Å². The first kappa shape index (κ1) is 12.8. The van der Waals surface area contributed by atoms with Crippen LogP contribution in [0.1, 0.15) is 10.5 Å². The molecule has 0 saturated carbocycles. The van der Waals surface area contributed by atoms with Crippen LogP contribution < -0.4 is 10.5 Å². The summed E-state index contributed by atoms with van der Waals surface area (Å²) in [5.74, 6) is -0.240. The molecular weight excluding hydrogens is 323 g/mol. The SMILES string of the molecule is COc1c(Br)ccc(Cl)c1-c1n[nH]nc1C(N)=O. The molecule has 1 aromatic heterocycles. The molecule has 94 valence electrons. The molecule has 0 aliphatic rings. The monoisotopic (exact) mass is 330 g/mol.